The Bertz CT molecular complexity index is 454. The second-order valence-electron chi connectivity index (χ2n) is 5.41. The molecule has 1 heterocycles. The number of hydrogen-bond donors (Lipinski definition) is 2. The molecule has 2 rings (SSSR count). The van der Waals surface area contributed by atoms with Crippen LogP contribution in [0.5, 0.6) is 0 Å². The van der Waals surface area contributed by atoms with Gasteiger partial charge in [-0.2, -0.15) is 0 Å². The average molecular weight is 288 g/mol. The van der Waals surface area contributed by atoms with Crippen molar-refractivity contribution in [2.45, 2.75) is 51.0 Å². The van der Waals surface area contributed by atoms with Gasteiger partial charge >= 0.3 is 0 Å². The fourth-order valence-corrected chi connectivity index (χ4v) is 4.44. The first kappa shape index (κ1) is 14.5. The van der Waals surface area contributed by atoms with Gasteiger partial charge in [0.25, 0.3) is 0 Å². The van der Waals surface area contributed by atoms with Gasteiger partial charge in [0.2, 0.25) is 21.8 Å². The van der Waals surface area contributed by atoms with Crippen molar-refractivity contribution in [2.24, 2.45) is 5.92 Å². The van der Waals surface area contributed by atoms with Crippen molar-refractivity contribution < 1.29 is 18.0 Å². The number of carbonyl (C=O) groups excluding carboxylic acids is 2. The molecule has 0 aromatic carbocycles. The molecule has 1 aliphatic heterocycles. The van der Waals surface area contributed by atoms with Crippen molar-refractivity contribution >= 4 is 21.8 Å². The van der Waals surface area contributed by atoms with Gasteiger partial charge in [-0.1, -0.05) is 19.3 Å². The summed E-state index contributed by atoms with van der Waals surface area (Å²) in [6.45, 7) is 0. The van der Waals surface area contributed by atoms with Crippen molar-refractivity contribution in [1.82, 2.24) is 10.0 Å². The van der Waals surface area contributed by atoms with E-state index in [4.69, 9.17) is 0 Å². The predicted molar refractivity (Wildman–Crippen MR) is 69.7 cm³/mol. The van der Waals surface area contributed by atoms with E-state index in [9.17, 15) is 18.0 Å². The number of imide groups is 1. The van der Waals surface area contributed by atoms with Gasteiger partial charge in [0.05, 0.1) is 5.75 Å². The topological polar surface area (TPSA) is 92.3 Å². The number of sulfonamides is 1. The Balaban J connectivity index is 1.89. The van der Waals surface area contributed by atoms with Crippen LogP contribution in [0, 0.1) is 5.92 Å². The van der Waals surface area contributed by atoms with Crippen LogP contribution < -0.4 is 10.0 Å². The molecule has 2 N–H and O–H groups in total. The lowest BCUT2D eigenvalue weighted by molar-refractivity contribution is -0.134. The van der Waals surface area contributed by atoms with Gasteiger partial charge < -0.3 is 0 Å². The highest BCUT2D eigenvalue weighted by molar-refractivity contribution is 7.89. The predicted octanol–water partition coefficient (Wildman–Crippen LogP) is 0.291. The zero-order valence-corrected chi connectivity index (χ0v) is 11.7. The van der Waals surface area contributed by atoms with Crippen LogP contribution in [-0.2, 0) is 19.6 Å². The van der Waals surface area contributed by atoms with Gasteiger partial charge in [-0.05, 0) is 25.2 Å². The first-order valence-corrected chi connectivity index (χ1v) is 8.45. The van der Waals surface area contributed by atoms with E-state index in [1.165, 1.54) is 6.42 Å². The highest BCUT2D eigenvalue weighted by atomic mass is 32.2. The third kappa shape index (κ3) is 4.28. The lowest BCUT2D eigenvalue weighted by atomic mass is 9.91. The standard InChI is InChI=1S/C12H20N2O4S/c15-11-7-6-10(12(16)13-11)14-19(17,18)8-9-4-2-1-3-5-9/h9-10,14H,1-8H2,(H,13,15,16). The Hall–Kier alpha value is -0.950. The summed E-state index contributed by atoms with van der Waals surface area (Å²) in [5.41, 5.74) is 0. The van der Waals surface area contributed by atoms with Crippen molar-refractivity contribution in [2.75, 3.05) is 5.75 Å². The van der Waals surface area contributed by atoms with Gasteiger partial charge in [0.1, 0.15) is 6.04 Å². The van der Waals surface area contributed by atoms with Crippen LogP contribution >= 0.6 is 0 Å². The van der Waals surface area contributed by atoms with Crippen molar-refractivity contribution in [3.8, 4) is 0 Å². The van der Waals surface area contributed by atoms with Crippen LogP contribution in [0.2, 0.25) is 0 Å². The molecule has 19 heavy (non-hydrogen) atoms. The van der Waals surface area contributed by atoms with E-state index in [-0.39, 0.29) is 30.4 Å². The third-order valence-electron chi connectivity index (χ3n) is 3.74. The maximum absolute atomic E-state index is 12.0. The number of hydrogen-bond acceptors (Lipinski definition) is 4. The molecular formula is C12H20N2O4S. The first-order valence-electron chi connectivity index (χ1n) is 6.80. The molecule has 1 saturated heterocycles. The minimum absolute atomic E-state index is 0.0880. The molecule has 7 heteroatoms. The zero-order chi connectivity index (χ0) is 13.9. The molecule has 0 aromatic rings. The Labute approximate surface area is 113 Å². The molecule has 1 atom stereocenters. The Morgan fingerprint density at radius 3 is 2.42 bits per heavy atom. The number of amides is 2. The van der Waals surface area contributed by atoms with E-state index in [1.807, 2.05) is 0 Å². The van der Waals surface area contributed by atoms with E-state index in [0.29, 0.717) is 0 Å². The highest BCUT2D eigenvalue weighted by Crippen LogP contribution is 2.24. The molecule has 1 saturated carbocycles. The fraction of sp³-hybridized carbons (Fsp3) is 0.833. The molecule has 2 fully saturated rings. The Morgan fingerprint density at radius 2 is 1.79 bits per heavy atom. The molecule has 1 aliphatic carbocycles. The summed E-state index contributed by atoms with van der Waals surface area (Å²) in [5, 5.41) is 2.15. The molecule has 2 aliphatic rings. The number of rotatable bonds is 4. The van der Waals surface area contributed by atoms with E-state index in [1.54, 1.807) is 0 Å². The Morgan fingerprint density at radius 1 is 1.11 bits per heavy atom. The lowest BCUT2D eigenvalue weighted by Gasteiger charge is -2.25. The smallest absolute Gasteiger partial charge is 0.244 e. The summed E-state index contributed by atoms with van der Waals surface area (Å²) in [7, 11) is -3.45. The maximum atomic E-state index is 12.0. The molecule has 0 bridgehead atoms. The van der Waals surface area contributed by atoms with Crippen molar-refractivity contribution in [3.63, 3.8) is 0 Å². The minimum Gasteiger partial charge on any atom is -0.295 e. The number of carbonyl (C=O) groups is 2. The Kier molecular flexibility index (Phi) is 4.57. The van der Waals surface area contributed by atoms with Crippen LogP contribution in [0.4, 0.5) is 0 Å². The van der Waals surface area contributed by atoms with E-state index < -0.39 is 22.0 Å². The summed E-state index contributed by atoms with van der Waals surface area (Å²) in [4.78, 5) is 22.5. The molecule has 108 valence electrons. The van der Waals surface area contributed by atoms with Crippen molar-refractivity contribution in [1.29, 1.82) is 0 Å². The second-order valence-corrected chi connectivity index (χ2v) is 7.21. The summed E-state index contributed by atoms with van der Waals surface area (Å²) < 4.78 is 26.5. The fourth-order valence-electron chi connectivity index (χ4n) is 2.73. The molecule has 0 radical (unpaired) electrons. The van der Waals surface area contributed by atoms with E-state index in [0.717, 1.165) is 25.7 Å². The van der Waals surface area contributed by atoms with Crippen LogP contribution in [0.15, 0.2) is 0 Å². The molecule has 1 unspecified atom stereocenters. The van der Waals surface area contributed by atoms with E-state index >= 15 is 0 Å². The molecular weight excluding hydrogens is 268 g/mol. The van der Waals surface area contributed by atoms with Crippen LogP contribution in [0.3, 0.4) is 0 Å². The lowest BCUT2D eigenvalue weighted by Crippen LogP contribution is -2.52. The minimum atomic E-state index is -3.45. The van der Waals surface area contributed by atoms with Gasteiger partial charge in [-0.15, -0.1) is 0 Å². The largest absolute Gasteiger partial charge is 0.295 e. The molecule has 0 spiro atoms. The molecule has 6 nitrogen and oxygen atoms in total. The number of piperidine rings is 1. The second kappa shape index (κ2) is 6.00. The third-order valence-corrected chi connectivity index (χ3v) is 5.29. The molecule has 2 amide bonds. The summed E-state index contributed by atoms with van der Waals surface area (Å²) in [6.07, 6.45) is 5.65. The summed E-state index contributed by atoms with van der Waals surface area (Å²) >= 11 is 0. The summed E-state index contributed by atoms with van der Waals surface area (Å²) in [5.74, 6) is -0.596. The summed E-state index contributed by atoms with van der Waals surface area (Å²) in [6, 6.07) is -0.800. The number of nitrogens with one attached hydrogen (secondary N) is 2. The van der Waals surface area contributed by atoms with Gasteiger partial charge in [0.15, 0.2) is 0 Å². The van der Waals surface area contributed by atoms with Gasteiger partial charge in [-0.3, -0.25) is 14.9 Å². The average Bonchev–Trinajstić information content (AvgIpc) is 2.33. The first-order chi connectivity index (χ1) is 8.96. The highest BCUT2D eigenvalue weighted by Gasteiger charge is 2.31. The SMILES string of the molecule is O=C1CCC(NS(=O)(=O)CC2CCCCC2)C(=O)N1. The van der Waals surface area contributed by atoms with Crippen LogP contribution in [0.25, 0.3) is 0 Å². The quantitative estimate of drug-likeness (QED) is 0.727. The zero-order valence-electron chi connectivity index (χ0n) is 10.9. The monoisotopic (exact) mass is 288 g/mol. The molecule has 0 aromatic heterocycles. The maximum Gasteiger partial charge on any atom is 0.244 e. The van der Waals surface area contributed by atoms with Crippen LogP contribution in [-0.4, -0.2) is 32.0 Å². The normalized spacial score (nSPS) is 26.2. The van der Waals surface area contributed by atoms with Gasteiger partial charge in [-0.25, -0.2) is 13.1 Å². The van der Waals surface area contributed by atoms with Crippen LogP contribution in [0.1, 0.15) is 44.9 Å². The van der Waals surface area contributed by atoms with Crippen molar-refractivity contribution in [3.05, 3.63) is 0 Å². The van der Waals surface area contributed by atoms with Gasteiger partial charge in [0, 0.05) is 6.42 Å². The van der Waals surface area contributed by atoms with E-state index in [2.05, 4.69) is 10.0 Å².